The second kappa shape index (κ2) is 13.5. The predicted molar refractivity (Wildman–Crippen MR) is 100 cm³/mol. The number of hydrogen-bond acceptors (Lipinski definition) is 5. The minimum Gasteiger partial charge on any atom is -0.478 e. The Balaban J connectivity index is -0.000000438. The van der Waals surface area contributed by atoms with Gasteiger partial charge >= 0.3 is 30.0 Å². The fourth-order valence-electron chi connectivity index (χ4n) is 0.941. The van der Waals surface area contributed by atoms with E-state index in [2.05, 4.69) is 24.5 Å². The van der Waals surface area contributed by atoms with Crippen molar-refractivity contribution < 1.29 is 55.3 Å². The Labute approximate surface area is 176 Å². The van der Waals surface area contributed by atoms with Gasteiger partial charge in [-0.25, -0.2) is 18.8 Å². The summed E-state index contributed by atoms with van der Waals surface area (Å²) in [6.45, 7) is 15.4. The van der Waals surface area contributed by atoms with Gasteiger partial charge in [0.15, 0.2) is 6.61 Å². The summed E-state index contributed by atoms with van der Waals surface area (Å²) in [7, 11) is 0. The molecule has 0 fully saturated rings. The smallest absolute Gasteiger partial charge is 0.425 e. The van der Waals surface area contributed by atoms with E-state index in [1.54, 1.807) is 0 Å². The van der Waals surface area contributed by atoms with Gasteiger partial charge in [0.2, 0.25) is 0 Å². The molecule has 0 aromatic heterocycles. The molecule has 1 unspecified atom stereocenters. The summed E-state index contributed by atoms with van der Waals surface area (Å²) in [5, 5.41) is 7.89. The van der Waals surface area contributed by atoms with Crippen molar-refractivity contribution >= 4 is 17.9 Å². The van der Waals surface area contributed by atoms with E-state index in [4.69, 9.17) is 9.84 Å². The first-order valence-electron chi connectivity index (χ1n) is 8.24. The van der Waals surface area contributed by atoms with Crippen molar-refractivity contribution in [2.75, 3.05) is 6.61 Å². The van der Waals surface area contributed by atoms with Crippen molar-refractivity contribution in [1.82, 2.24) is 0 Å². The second-order valence-corrected chi connectivity index (χ2v) is 6.84. The largest absolute Gasteiger partial charge is 0.478 e. The van der Waals surface area contributed by atoms with Gasteiger partial charge in [-0.2, -0.15) is 22.0 Å². The van der Waals surface area contributed by atoms with Crippen molar-refractivity contribution in [3.8, 4) is 0 Å². The Morgan fingerprint density at radius 1 is 1.00 bits per heavy atom. The van der Waals surface area contributed by atoms with Gasteiger partial charge in [0.05, 0.1) is 0 Å². The lowest BCUT2D eigenvalue weighted by atomic mass is 10.2. The normalized spacial score (nSPS) is 12.0. The minimum absolute atomic E-state index is 0.176. The number of aliphatic carboxylic acids is 1. The van der Waals surface area contributed by atoms with Crippen LogP contribution in [0.1, 0.15) is 34.6 Å². The average Bonchev–Trinajstić information content (AvgIpc) is 2.57. The molecule has 0 aromatic carbocycles. The van der Waals surface area contributed by atoms with Gasteiger partial charge in [0, 0.05) is 17.2 Å². The lowest BCUT2D eigenvalue weighted by molar-refractivity contribution is -0.253. The number of alkyl halides is 6. The monoisotopic (exact) mass is 464 g/mol. The second-order valence-electron chi connectivity index (χ2n) is 6.84. The van der Waals surface area contributed by atoms with Gasteiger partial charge in [0.1, 0.15) is 5.60 Å². The summed E-state index contributed by atoms with van der Waals surface area (Å²) in [5.74, 6) is -7.44. The summed E-state index contributed by atoms with van der Waals surface area (Å²) < 4.78 is 80.8. The number of hydrogen-bond donors (Lipinski definition) is 1. The van der Waals surface area contributed by atoms with Crippen molar-refractivity contribution in [3.63, 3.8) is 0 Å². The third kappa shape index (κ3) is 18.9. The molecule has 0 aromatic rings. The number of halogens is 6. The van der Waals surface area contributed by atoms with Gasteiger partial charge in [-0.1, -0.05) is 19.7 Å². The highest BCUT2D eigenvalue weighted by Crippen LogP contribution is 2.35. The Bertz CT molecular complexity index is 650. The summed E-state index contributed by atoms with van der Waals surface area (Å²) in [6, 6.07) is 0. The zero-order valence-corrected chi connectivity index (χ0v) is 17.7. The Hall–Kier alpha value is -2.79. The molecule has 1 atom stereocenters. The lowest BCUT2D eigenvalue weighted by Crippen LogP contribution is -2.45. The summed E-state index contributed by atoms with van der Waals surface area (Å²) in [6.07, 6.45) is -8.93. The molecule has 0 saturated heterocycles. The summed E-state index contributed by atoms with van der Waals surface area (Å²) >= 11 is 0. The first-order valence-corrected chi connectivity index (χ1v) is 8.24. The standard InChI is InChI=1S/C8H8F6O2.C7H12O2.C4H6O2/c1-4(2)5(15)16-3-7(10,11)6(9)8(12,13)14;1-5-6(8)9-7(2,3)4;1-3(2)4(5)6/h6H,1,3H2,2H3;5H,1H2,2-4H3;1H2,2H3,(H,5,6). The molecule has 0 heterocycles. The number of carboxylic acids is 1. The van der Waals surface area contributed by atoms with E-state index in [0.29, 0.717) is 0 Å². The third-order valence-electron chi connectivity index (χ3n) is 2.34. The minimum atomic E-state index is -5.71. The molecule has 0 bridgehead atoms. The molecule has 0 saturated carbocycles. The topological polar surface area (TPSA) is 89.9 Å². The SMILES string of the molecule is C=C(C)C(=O)O.C=C(C)C(=O)OCC(F)(F)C(F)C(F)(F)F.C=CC(=O)OC(C)(C)C. The molecule has 0 amide bonds. The van der Waals surface area contributed by atoms with Gasteiger partial charge < -0.3 is 14.6 Å². The quantitative estimate of drug-likeness (QED) is 0.345. The summed E-state index contributed by atoms with van der Waals surface area (Å²) in [5.41, 5.74) is -0.501. The van der Waals surface area contributed by atoms with Crippen LogP contribution < -0.4 is 0 Å². The van der Waals surface area contributed by atoms with E-state index >= 15 is 0 Å². The maximum Gasteiger partial charge on any atom is 0.425 e. The van der Waals surface area contributed by atoms with E-state index in [-0.39, 0.29) is 17.1 Å². The van der Waals surface area contributed by atoms with Crippen LogP contribution in [0.2, 0.25) is 0 Å². The van der Waals surface area contributed by atoms with Gasteiger partial charge in [0.25, 0.3) is 6.17 Å². The van der Waals surface area contributed by atoms with Gasteiger partial charge in [-0.15, -0.1) is 0 Å². The van der Waals surface area contributed by atoms with Gasteiger partial charge in [-0.05, 0) is 34.6 Å². The van der Waals surface area contributed by atoms with Crippen molar-refractivity contribution in [3.05, 3.63) is 37.0 Å². The number of esters is 2. The zero-order chi connectivity index (χ0) is 25.8. The van der Waals surface area contributed by atoms with Crippen molar-refractivity contribution in [2.24, 2.45) is 0 Å². The molecule has 0 aliphatic heterocycles. The number of carboxylic acid groups (broad SMARTS) is 1. The molecule has 6 nitrogen and oxygen atoms in total. The molecule has 0 aliphatic carbocycles. The first-order chi connectivity index (χ1) is 13.6. The van der Waals surface area contributed by atoms with E-state index in [1.807, 2.05) is 20.8 Å². The highest BCUT2D eigenvalue weighted by atomic mass is 19.4. The molecule has 0 aliphatic rings. The fraction of sp³-hybridized carbons (Fsp3) is 0.526. The zero-order valence-electron chi connectivity index (χ0n) is 17.7. The molecule has 1 N–H and O–H groups in total. The molecule has 31 heavy (non-hydrogen) atoms. The molecule has 0 radical (unpaired) electrons. The van der Waals surface area contributed by atoms with Crippen molar-refractivity contribution in [2.45, 2.75) is 58.5 Å². The Kier molecular flexibility index (Phi) is 14.3. The van der Waals surface area contributed by atoms with Gasteiger partial charge in [-0.3, -0.25) is 0 Å². The molecule has 180 valence electrons. The number of rotatable bonds is 6. The number of carbonyl (C=O) groups excluding carboxylic acids is 2. The fourth-order valence-corrected chi connectivity index (χ4v) is 0.941. The van der Waals surface area contributed by atoms with E-state index in [0.717, 1.165) is 13.0 Å². The highest BCUT2D eigenvalue weighted by molar-refractivity contribution is 5.87. The molecule has 0 spiro atoms. The van der Waals surface area contributed by atoms with E-state index in [1.165, 1.54) is 6.92 Å². The van der Waals surface area contributed by atoms with Crippen molar-refractivity contribution in [1.29, 1.82) is 0 Å². The van der Waals surface area contributed by atoms with Crippen LogP contribution >= 0.6 is 0 Å². The van der Waals surface area contributed by atoms with Crippen LogP contribution in [0.25, 0.3) is 0 Å². The Morgan fingerprint density at radius 3 is 1.58 bits per heavy atom. The average molecular weight is 464 g/mol. The van der Waals surface area contributed by atoms with Crippen LogP contribution in [0.3, 0.4) is 0 Å². The summed E-state index contributed by atoms with van der Waals surface area (Å²) in [4.78, 5) is 30.7. The van der Waals surface area contributed by atoms with Crippen LogP contribution in [0.15, 0.2) is 37.0 Å². The number of carbonyl (C=O) groups is 3. The highest BCUT2D eigenvalue weighted by Gasteiger charge is 2.57. The number of ether oxygens (including phenoxy) is 2. The molecular formula is C19H26F6O6. The maximum atomic E-state index is 12.5. The molecule has 0 rings (SSSR count). The Morgan fingerprint density at radius 2 is 1.39 bits per heavy atom. The van der Waals surface area contributed by atoms with E-state index < -0.39 is 42.4 Å². The first kappa shape index (κ1) is 32.9. The van der Waals surface area contributed by atoms with Crippen LogP contribution in [-0.4, -0.2) is 53.5 Å². The maximum absolute atomic E-state index is 12.5. The van der Waals surface area contributed by atoms with Crippen LogP contribution in [-0.2, 0) is 23.9 Å². The van der Waals surface area contributed by atoms with Crippen LogP contribution in [0.5, 0.6) is 0 Å². The van der Waals surface area contributed by atoms with Crippen LogP contribution in [0, 0.1) is 0 Å². The molecule has 12 heteroatoms. The van der Waals surface area contributed by atoms with Crippen LogP contribution in [0.4, 0.5) is 26.3 Å². The molecular weight excluding hydrogens is 438 g/mol. The third-order valence-corrected chi connectivity index (χ3v) is 2.34. The predicted octanol–water partition coefficient (Wildman–Crippen LogP) is 4.80. The lowest BCUT2D eigenvalue weighted by Gasteiger charge is -2.22. The van der Waals surface area contributed by atoms with E-state index in [9.17, 15) is 40.7 Å².